The largest absolute Gasteiger partial charge is 0.265 e. The Hall–Kier alpha value is -2.16. The highest BCUT2D eigenvalue weighted by molar-refractivity contribution is 7.89. The van der Waals surface area contributed by atoms with Crippen LogP contribution in [-0.4, -0.2) is 24.9 Å². The smallest absolute Gasteiger partial charge is 0.240 e. The Morgan fingerprint density at radius 1 is 1.15 bits per heavy atom. The number of aryl methyl sites for hydroxylation is 2. The zero-order chi connectivity index (χ0) is 18.7. The molecule has 136 valence electrons. The molecule has 3 aromatic rings. The Kier molecular flexibility index (Phi) is 5.45. The Bertz CT molecular complexity index is 1020. The molecule has 8 heteroatoms. The van der Waals surface area contributed by atoms with E-state index in [1.165, 1.54) is 12.1 Å². The number of benzene rings is 1. The lowest BCUT2D eigenvalue weighted by atomic mass is 10.2. The van der Waals surface area contributed by atoms with E-state index in [2.05, 4.69) is 14.7 Å². The van der Waals surface area contributed by atoms with Gasteiger partial charge in [-0.2, -0.15) is 0 Å². The number of thiazole rings is 1. The summed E-state index contributed by atoms with van der Waals surface area (Å²) >= 11 is 1.54. The second kappa shape index (κ2) is 7.61. The van der Waals surface area contributed by atoms with Crippen LogP contribution in [0.25, 0.3) is 10.6 Å². The van der Waals surface area contributed by atoms with Gasteiger partial charge in [-0.3, -0.25) is 4.98 Å². The molecule has 0 aliphatic heterocycles. The van der Waals surface area contributed by atoms with Crippen molar-refractivity contribution in [1.82, 2.24) is 14.7 Å². The highest BCUT2D eigenvalue weighted by Gasteiger charge is 2.17. The first-order valence-electron chi connectivity index (χ1n) is 7.99. The first-order chi connectivity index (χ1) is 12.4. The fraction of sp³-hybridized carbons (Fsp3) is 0.222. The minimum absolute atomic E-state index is 0.0948. The quantitative estimate of drug-likeness (QED) is 0.698. The Labute approximate surface area is 156 Å². The highest BCUT2D eigenvalue weighted by Crippen LogP contribution is 2.27. The molecule has 2 aromatic heterocycles. The molecule has 0 amide bonds. The summed E-state index contributed by atoms with van der Waals surface area (Å²) in [6, 6.07) is 7.43. The summed E-state index contributed by atoms with van der Waals surface area (Å²) in [6.07, 6.45) is 3.96. The number of halogens is 1. The Morgan fingerprint density at radius 2 is 1.88 bits per heavy atom. The molecule has 1 aromatic carbocycles. The van der Waals surface area contributed by atoms with Crippen LogP contribution in [0.5, 0.6) is 0 Å². The number of nitrogens with one attached hydrogen (secondary N) is 1. The summed E-state index contributed by atoms with van der Waals surface area (Å²) in [5.74, 6) is -0.453. The van der Waals surface area contributed by atoms with E-state index in [0.29, 0.717) is 12.0 Å². The predicted octanol–water partition coefficient (Wildman–Crippen LogP) is 3.48. The average Bonchev–Trinajstić information content (AvgIpc) is 2.96. The van der Waals surface area contributed by atoms with Crippen molar-refractivity contribution in [3.8, 4) is 10.6 Å². The van der Waals surface area contributed by atoms with Crippen LogP contribution in [-0.2, 0) is 16.4 Å². The van der Waals surface area contributed by atoms with Crippen molar-refractivity contribution < 1.29 is 12.8 Å². The number of pyridine rings is 1. The van der Waals surface area contributed by atoms with E-state index in [1.54, 1.807) is 30.7 Å². The first-order valence-corrected chi connectivity index (χ1v) is 10.3. The van der Waals surface area contributed by atoms with Crippen molar-refractivity contribution in [3.63, 3.8) is 0 Å². The third kappa shape index (κ3) is 4.14. The van der Waals surface area contributed by atoms with Crippen molar-refractivity contribution in [1.29, 1.82) is 0 Å². The maximum Gasteiger partial charge on any atom is 0.240 e. The number of nitrogens with zero attached hydrogens (tertiary/aromatic N) is 2. The SMILES string of the molecule is Cc1cc(F)ccc1S(=O)(=O)NCCc1sc(-c2ccncc2)nc1C. The number of aromatic nitrogens is 2. The highest BCUT2D eigenvalue weighted by atomic mass is 32.2. The monoisotopic (exact) mass is 391 g/mol. The first kappa shape index (κ1) is 18.6. The molecule has 0 bridgehead atoms. The standard InChI is InChI=1S/C18H18FN3O2S2/c1-12-11-15(19)3-4-17(12)26(23,24)21-10-7-16-13(2)22-18(25-16)14-5-8-20-9-6-14/h3-6,8-9,11,21H,7,10H2,1-2H3. The molecule has 2 heterocycles. The molecule has 0 unspecified atom stereocenters. The third-order valence-corrected chi connectivity index (χ3v) is 6.78. The summed E-state index contributed by atoms with van der Waals surface area (Å²) in [6.45, 7) is 3.74. The number of rotatable bonds is 6. The van der Waals surface area contributed by atoms with E-state index < -0.39 is 15.8 Å². The van der Waals surface area contributed by atoms with Gasteiger partial charge >= 0.3 is 0 Å². The summed E-state index contributed by atoms with van der Waals surface area (Å²) in [7, 11) is -3.68. The molecular formula is C18H18FN3O2S2. The molecule has 0 saturated carbocycles. The van der Waals surface area contributed by atoms with Crippen molar-refractivity contribution in [2.75, 3.05) is 6.54 Å². The van der Waals surface area contributed by atoms with Crippen LogP contribution >= 0.6 is 11.3 Å². The zero-order valence-electron chi connectivity index (χ0n) is 14.4. The van der Waals surface area contributed by atoms with Crippen LogP contribution in [0.3, 0.4) is 0 Å². The van der Waals surface area contributed by atoms with Gasteiger partial charge in [-0.25, -0.2) is 22.5 Å². The molecule has 3 rings (SSSR count). The maximum absolute atomic E-state index is 13.2. The van der Waals surface area contributed by atoms with Crippen LogP contribution in [0.2, 0.25) is 0 Å². The van der Waals surface area contributed by atoms with Gasteiger partial charge in [-0.1, -0.05) is 0 Å². The lowest BCUT2D eigenvalue weighted by Gasteiger charge is -2.09. The molecule has 5 nitrogen and oxygen atoms in total. The molecule has 0 radical (unpaired) electrons. The van der Waals surface area contributed by atoms with Gasteiger partial charge in [0.15, 0.2) is 0 Å². The molecule has 0 aliphatic carbocycles. The summed E-state index contributed by atoms with van der Waals surface area (Å²) in [4.78, 5) is 9.66. The third-order valence-electron chi connectivity index (χ3n) is 3.89. The van der Waals surface area contributed by atoms with Crippen molar-refractivity contribution in [2.24, 2.45) is 0 Å². The average molecular weight is 391 g/mol. The van der Waals surface area contributed by atoms with Crippen molar-refractivity contribution in [2.45, 2.75) is 25.2 Å². The lowest BCUT2D eigenvalue weighted by Crippen LogP contribution is -2.26. The molecule has 0 spiro atoms. The van der Waals surface area contributed by atoms with E-state index in [0.717, 1.165) is 27.2 Å². The van der Waals surface area contributed by atoms with Gasteiger partial charge in [0.1, 0.15) is 10.8 Å². The fourth-order valence-electron chi connectivity index (χ4n) is 2.57. The predicted molar refractivity (Wildman–Crippen MR) is 100 cm³/mol. The van der Waals surface area contributed by atoms with Gasteiger partial charge in [0.2, 0.25) is 10.0 Å². The molecular weight excluding hydrogens is 373 g/mol. The fourth-order valence-corrected chi connectivity index (χ4v) is 4.89. The Morgan fingerprint density at radius 3 is 2.58 bits per heavy atom. The molecule has 26 heavy (non-hydrogen) atoms. The normalized spacial score (nSPS) is 11.7. The van der Waals surface area contributed by atoms with E-state index in [4.69, 9.17) is 0 Å². The molecule has 0 saturated heterocycles. The minimum atomic E-state index is -3.68. The summed E-state index contributed by atoms with van der Waals surface area (Å²) in [5.41, 5.74) is 2.26. The second-order valence-corrected chi connectivity index (χ2v) is 8.64. The molecule has 1 N–H and O–H groups in total. The molecule has 0 fully saturated rings. The summed E-state index contributed by atoms with van der Waals surface area (Å²) < 4.78 is 40.6. The van der Waals surface area contributed by atoms with Crippen LogP contribution in [0, 0.1) is 19.7 Å². The van der Waals surface area contributed by atoms with Gasteiger partial charge < -0.3 is 0 Å². The van der Waals surface area contributed by atoms with Gasteiger partial charge in [0.25, 0.3) is 0 Å². The van der Waals surface area contributed by atoms with Crippen molar-refractivity contribution >= 4 is 21.4 Å². The maximum atomic E-state index is 13.2. The van der Waals surface area contributed by atoms with Crippen LogP contribution in [0.1, 0.15) is 16.1 Å². The van der Waals surface area contributed by atoms with E-state index in [-0.39, 0.29) is 11.4 Å². The van der Waals surface area contributed by atoms with Gasteiger partial charge in [-0.05, 0) is 56.2 Å². The number of sulfonamides is 1. The number of hydrogen-bond donors (Lipinski definition) is 1. The Balaban J connectivity index is 1.69. The lowest BCUT2D eigenvalue weighted by molar-refractivity contribution is 0.580. The zero-order valence-corrected chi connectivity index (χ0v) is 16.0. The van der Waals surface area contributed by atoms with Crippen LogP contribution in [0.15, 0.2) is 47.6 Å². The minimum Gasteiger partial charge on any atom is -0.265 e. The van der Waals surface area contributed by atoms with Gasteiger partial charge in [0, 0.05) is 29.4 Å². The topological polar surface area (TPSA) is 72.0 Å². The molecule has 0 atom stereocenters. The summed E-state index contributed by atoms with van der Waals surface area (Å²) in [5, 5.41) is 0.886. The van der Waals surface area contributed by atoms with E-state index in [1.807, 2.05) is 19.1 Å². The number of hydrogen-bond acceptors (Lipinski definition) is 5. The van der Waals surface area contributed by atoms with E-state index in [9.17, 15) is 12.8 Å². The molecule has 0 aliphatic rings. The van der Waals surface area contributed by atoms with E-state index >= 15 is 0 Å². The van der Waals surface area contributed by atoms with Crippen LogP contribution < -0.4 is 4.72 Å². The van der Waals surface area contributed by atoms with Crippen molar-refractivity contribution in [3.05, 3.63) is 64.7 Å². The van der Waals surface area contributed by atoms with Gasteiger partial charge in [-0.15, -0.1) is 11.3 Å². The van der Waals surface area contributed by atoms with Gasteiger partial charge in [0.05, 0.1) is 10.6 Å². The van der Waals surface area contributed by atoms with Crippen LogP contribution in [0.4, 0.5) is 4.39 Å². The second-order valence-electron chi connectivity index (χ2n) is 5.82.